The molecule has 2 heteroatoms. The van der Waals surface area contributed by atoms with Crippen molar-refractivity contribution in [3.63, 3.8) is 0 Å². The van der Waals surface area contributed by atoms with Crippen molar-refractivity contribution in [1.29, 1.82) is 0 Å². The molecule has 0 aliphatic carbocycles. The van der Waals surface area contributed by atoms with Crippen molar-refractivity contribution in [1.82, 2.24) is 0 Å². The summed E-state index contributed by atoms with van der Waals surface area (Å²) in [5, 5.41) is 11.4. The largest absolute Gasteiger partial charge is 0.375 e. The number of thiophene rings is 1. The molecule has 3 aromatic rings. The van der Waals surface area contributed by atoms with Crippen LogP contribution in [0.25, 0.3) is 0 Å². The molecular formula is C18H16OS. The second kappa shape index (κ2) is 5.23. The van der Waals surface area contributed by atoms with Gasteiger partial charge in [-0.2, -0.15) is 0 Å². The standard InChI is InChI=1S/C18H16OS/c1-14-12-13-17(20-14)18(19,15-8-4-2-5-9-15)16-10-6-3-7-11-16/h2-13,19H,1H3. The van der Waals surface area contributed by atoms with Gasteiger partial charge in [-0.3, -0.25) is 0 Å². The van der Waals surface area contributed by atoms with Crippen molar-refractivity contribution >= 4 is 11.3 Å². The summed E-state index contributed by atoms with van der Waals surface area (Å²) in [4.78, 5) is 2.15. The Morgan fingerprint density at radius 1 is 0.750 bits per heavy atom. The van der Waals surface area contributed by atoms with E-state index in [1.54, 1.807) is 11.3 Å². The van der Waals surface area contributed by atoms with E-state index in [1.165, 1.54) is 4.88 Å². The van der Waals surface area contributed by atoms with E-state index >= 15 is 0 Å². The Balaban J connectivity index is 2.23. The van der Waals surface area contributed by atoms with Gasteiger partial charge in [-0.15, -0.1) is 11.3 Å². The van der Waals surface area contributed by atoms with Crippen LogP contribution in [-0.4, -0.2) is 5.11 Å². The molecule has 0 atom stereocenters. The van der Waals surface area contributed by atoms with Gasteiger partial charge in [0.15, 0.2) is 0 Å². The number of aliphatic hydroxyl groups is 1. The third kappa shape index (κ3) is 2.17. The Hall–Kier alpha value is -1.90. The fourth-order valence-electron chi connectivity index (χ4n) is 2.44. The van der Waals surface area contributed by atoms with Crippen LogP contribution in [0.1, 0.15) is 20.9 Å². The highest BCUT2D eigenvalue weighted by Crippen LogP contribution is 2.39. The van der Waals surface area contributed by atoms with E-state index in [0.29, 0.717) is 0 Å². The fourth-order valence-corrected chi connectivity index (χ4v) is 3.44. The van der Waals surface area contributed by atoms with Crippen LogP contribution in [-0.2, 0) is 5.60 Å². The average Bonchev–Trinajstić information content (AvgIpc) is 2.95. The van der Waals surface area contributed by atoms with Crippen LogP contribution < -0.4 is 0 Å². The molecule has 1 heterocycles. The lowest BCUT2D eigenvalue weighted by molar-refractivity contribution is 0.129. The minimum Gasteiger partial charge on any atom is -0.375 e. The lowest BCUT2D eigenvalue weighted by Crippen LogP contribution is -2.27. The molecule has 1 N–H and O–H groups in total. The summed E-state index contributed by atoms with van der Waals surface area (Å²) in [7, 11) is 0. The van der Waals surface area contributed by atoms with Crippen LogP contribution in [0.3, 0.4) is 0 Å². The van der Waals surface area contributed by atoms with Crippen molar-refractivity contribution in [2.75, 3.05) is 0 Å². The Labute approximate surface area is 123 Å². The monoisotopic (exact) mass is 280 g/mol. The quantitative estimate of drug-likeness (QED) is 0.756. The third-order valence-electron chi connectivity index (χ3n) is 3.48. The van der Waals surface area contributed by atoms with E-state index in [-0.39, 0.29) is 0 Å². The van der Waals surface area contributed by atoms with E-state index in [9.17, 15) is 5.11 Å². The summed E-state index contributed by atoms with van der Waals surface area (Å²) in [5.41, 5.74) is 0.711. The Bertz CT molecular complexity index is 646. The summed E-state index contributed by atoms with van der Waals surface area (Å²) in [6.45, 7) is 2.06. The minimum absolute atomic E-state index is 0.896. The molecule has 0 spiro atoms. The Morgan fingerprint density at radius 3 is 1.65 bits per heavy atom. The fraction of sp³-hybridized carbons (Fsp3) is 0.111. The van der Waals surface area contributed by atoms with Gasteiger partial charge in [-0.05, 0) is 30.2 Å². The number of rotatable bonds is 3. The van der Waals surface area contributed by atoms with E-state index in [2.05, 4.69) is 13.0 Å². The summed E-state index contributed by atoms with van der Waals surface area (Å²) in [6, 6.07) is 23.7. The molecule has 0 aliphatic rings. The maximum absolute atomic E-state index is 11.4. The van der Waals surface area contributed by atoms with E-state index < -0.39 is 5.60 Å². The first-order chi connectivity index (χ1) is 9.71. The SMILES string of the molecule is Cc1ccc(C(O)(c2ccccc2)c2ccccc2)s1. The number of aryl methyl sites for hydroxylation is 1. The molecule has 3 rings (SSSR count). The zero-order chi connectivity index (χ0) is 14.0. The molecule has 0 amide bonds. The van der Waals surface area contributed by atoms with Gasteiger partial charge in [0.25, 0.3) is 0 Å². The number of hydrogen-bond acceptors (Lipinski definition) is 2. The van der Waals surface area contributed by atoms with Crippen LogP contribution in [0.15, 0.2) is 72.8 Å². The molecule has 0 unspecified atom stereocenters. The zero-order valence-electron chi connectivity index (χ0n) is 11.3. The first-order valence-electron chi connectivity index (χ1n) is 6.61. The number of benzene rings is 2. The van der Waals surface area contributed by atoms with Crippen LogP contribution in [0.2, 0.25) is 0 Å². The molecule has 0 saturated carbocycles. The predicted octanol–water partition coefficient (Wildman–Crippen LogP) is 4.34. The Kier molecular flexibility index (Phi) is 3.43. The summed E-state index contributed by atoms with van der Waals surface area (Å²) in [6.07, 6.45) is 0. The molecule has 0 fully saturated rings. The van der Waals surface area contributed by atoms with Gasteiger partial charge < -0.3 is 5.11 Å². The van der Waals surface area contributed by atoms with Gasteiger partial charge in [-0.1, -0.05) is 60.7 Å². The van der Waals surface area contributed by atoms with Crippen LogP contribution >= 0.6 is 11.3 Å². The topological polar surface area (TPSA) is 20.2 Å². The van der Waals surface area contributed by atoms with Gasteiger partial charge in [0.05, 0.1) is 0 Å². The molecule has 20 heavy (non-hydrogen) atoms. The molecule has 0 saturated heterocycles. The molecule has 0 bridgehead atoms. The maximum Gasteiger partial charge on any atom is 0.149 e. The second-order valence-corrected chi connectivity index (χ2v) is 6.14. The van der Waals surface area contributed by atoms with Crippen LogP contribution in [0.4, 0.5) is 0 Å². The highest BCUT2D eigenvalue weighted by Gasteiger charge is 2.34. The van der Waals surface area contributed by atoms with Gasteiger partial charge >= 0.3 is 0 Å². The van der Waals surface area contributed by atoms with Crippen molar-refractivity contribution < 1.29 is 5.11 Å². The molecular weight excluding hydrogens is 264 g/mol. The molecule has 1 aromatic heterocycles. The van der Waals surface area contributed by atoms with Crippen molar-refractivity contribution in [2.24, 2.45) is 0 Å². The van der Waals surface area contributed by atoms with E-state index in [1.807, 2.05) is 66.7 Å². The maximum atomic E-state index is 11.4. The van der Waals surface area contributed by atoms with Crippen molar-refractivity contribution in [2.45, 2.75) is 12.5 Å². The minimum atomic E-state index is -1.08. The van der Waals surface area contributed by atoms with Crippen molar-refractivity contribution in [3.05, 3.63) is 93.7 Å². The highest BCUT2D eigenvalue weighted by molar-refractivity contribution is 7.12. The zero-order valence-corrected chi connectivity index (χ0v) is 12.1. The van der Waals surface area contributed by atoms with Crippen LogP contribution in [0.5, 0.6) is 0 Å². The first-order valence-corrected chi connectivity index (χ1v) is 7.43. The summed E-state index contributed by atoms with van der Waals surface area (Å²) in [5.74, 6) is 0. The third-order valence-corrected chi connectivity index (χ3v) is 4.59. The van der Waals surface area contributed by atoms with Gasteiger partial charge in [0, 0.05) is 9.75 Å². The molecule has 0 aliphatic heterocycles. The van der Waals surface area contributed by atoms with E-state index in [0.717, 1.165) is 16.0 Å². The molecule has 2 aromatic carbocycles. The van der Waals surface area contributed by atoms with Gasteiger partial charge in [0.2, 0.25) is 0 Å². The summed E-state index contributed by atoms with van der Waals surface area (Å²) < 4.78 is 0. The average molecular weight is 280 g/mol. The highest BCUT2D eigenvalue weighted by atomic mass is 32.1. The van der Waals surface area contributed by atoms with E-state index in [4.69, 9.17) is 0 Å². The van der Waals surface area contributed by atoms with Crippen LogP contribution in [0, 0.1) is 6.92 Å². The number of hydrogen-bond donors (Lipinski definition) is 1. The molecule has 1 nitrogen and oxygen atoms in total. The Morgan fingerprint density at radius 2 is 1.25 bits per heavy atom. The van der Waals surface area contributed by atoms with Gasteiger partial charge in [0.1, 0.15) is 5.60 Å². The summed E-state index contributed by atoms with van der Waals surface area (Å²) >= 11 is 1.63. The van der Waals surface area contributed by atoms with Gasteiger partial charge in [-0.25, -0.2) is 0 Å². The predicted molar refractivity (Wildman–Crippen MR) is 84.0 cm³/mol. The molecule has 100 valence electrons. The smallest absolute Gasteiger partial charge is 0.149 e. The molecule has 0 radical (unpaired) electrons. The first kappa shape index (κ1) is 13.1. The second-order valence-electron chi connectivity index (χ2n) is 4.85. The lowest BCUT2D eigenvalue weighted by Gasteiger charge is -2.28. The van der Waals surface area contributed by atoms with Crippen molar-refractivity contribution in [3.8, 4) is 0 Å². The lowest BCUT2D eigenvalue weighted by atomic mass is 9.85. The normalized spacial score (nSPS) is 11.5.